The summed E-state index contributed by atoms with van der Waals surface area (Å²) >= 11 is 5.81. The Bertz CT molecular complexity index is 703. The number of nitrogens with one attached hydrogen (secondary N) is 1. The Kier molecular flexibility index (Phi) is 4.12. The minimum atomic E-state index is -4.54. The summed E-state index contributed by atoms with van der Waals surface area (Å²) < 4.78 is 50.3. The van der Waals surface area contributed by atoms with Crippen molar-refractivity contribution in [3.05, 3.63) is 58.6 Å². The standard InChI is InChI=1S/C16H13ClF3NO2/c1-22-11-5-2-9(3-6-11)15-21-13-7-4-10(17)8-12(13)14(23-15)16(18,19)20/h2-8,14-15,21H,1H3/t14-,15?/m0/s1. The molecule has 2 aromatic carbocycles. The van der Waals surface area contributed by atoms with Crippen LogP contribution >= 0.6 is 11.6 Å². The van der Waals surface area contributed by atoms with Crippen LogP contribution in [0.4, 0.5) is 18.9 Å². The van der Waals surface area contributed by atoms with Crippen molar-refractivity contribution in [2.75, 3.05) is 12.4 Å². The van der Waals surface area contributed by atoms with Gasteiger partial charge in [-0.15, -0.1) is 0 Å². The lowest BCUT2D eigenvalue weighted by Crippen LogP contribution is -2.32. The molecule has 122 valence electrons. The van der Waals surface area contributed by atoms with Gasteiger partial charge in [-0.2, -0.15) is 13.2 Å². The van der Waals surface area contributed by atoms with E-state index in [1.165, 1.54) is 25.3 Å². The molecule has 1 aliphatic rings. The molecule has 1 N–H and O–H groups in total. The number of anilines is 1. The molecule has 0 aliphatic carbocycles. The molecular formula is C16H13ClF3NO2. The molecule has 1 aliphatic heterocycles. The predicted octanol–water partition coefficient (Wildman–Crippen LogP) is 5.09. The van der Waals surface area contributed by atoms with Crippen molar-refractivity contribution in [2.24, 2.45) is 0 Å². The van der Waals surface area contributed by atoms with Gasteiger partial charge in [0.1, 0.15) is 5.75 Å². The van der Waals surface area contributed by atoms with Crippen LogP contribution in [0.15, 0.2) is 42.5 Å². The Balaban J connectivity index is 1.98. The van der Waals surface area contributed by atoms with Crippen LogP contribution in [0.5, 0.6) is 5.75 Å². The van der Waals surface area contributed by atoms with E-state index in [0.717, 1.165) is 0 Å². The number of methoxy groups -OCH3 is 1. The molecule has 1 heterocycles. The molecule has 0 spiro atoms. The molecule has 23 heavy (non-hydrogen) atoms. The first-order valence-electron chi connectivity index (χ1n) is 6.80. The Morgan fingerprint density at radius 3 is 2.43 bits per heavy atom. The number of alkyl halides is 3. The van der Waals surface area contributed by atoms with E-state index in [2.05, 4.69) is 5.32 Å². The molecule has 0 saturated carbocycles. The van der Waals surface area contributed by atoms with Gasteiger partial charge in [-0.3, -0.25) is 0 Å². The highest BCUT2D eigenvalue weighted by molar-refractivity contribution is 6.30. The van der Waals surface area contributed by atoms with Crippen LogP contribution in [0.25, 0.3) is 0 Å². The number of benzene rings is 2. The molecule has 0 amide bonds. The molecule has 7 heteroatoms. The van der Waals surface area contributed by atoms with E-state index in [9.17, 15) is 13.2 Å². The van der Waals surface area contributed by atoms with Crippen LogP contribution in [0.3, 0.4) is 0 Å². The van der Waals surface area contributed by atoms with E-state index >= 15 is 0 Å². The van der Waals surface area contributed by atoms with Gasteiger partial charge in [0.05, 0.1) is 7.11 Å². The first kappa shape index (κ1) is 16.0. The zero-order chi connectivity index (χ0) is 16.6. The number of hydrogen-bond acceptors (Lipinski definition) is 3. The summed E-state index contributed by atoms with van der Waals surface area (Å²) in [6.07, 6.45) is -7.49. The van der Waals surface area contributed by atoms with Crippen LogP contribution < -0.4 is 10.1 Å². The molecule has 0 radical (unpaired) electrons. The smallest absolute Gasteiger partial charge is 0.419 e. The van der Waals surface area contributed by atoms with Crippen molar-refractivity contribution in [2.45, 2.75) is 18.5 Å². The van der Waals surface area contributed by atoms with E-state index in [1.807, 2.05) is 0 Å². The largest absolute Gasteiger partial charge is 0.497 e. The predicted molar refractivity (Wildman–Crippen MR) is 80.7 cm³/mol. The van der Waals surface area contributed by atoms with Crippen molar-refractivity contribution in [3.8, 4) is 5.75 Å². The van der Waals surface area contributed by atoms with E-state index in [4.69, 9.17) is 21.1 Å². The van der Waals surface area contributed by atoms with Gasteiger partial charge >= 0.3 is 6.18 Å². The normalized spacial score (nSPS) is 20.6. The van der Waals surface area contributed by atoms with Gasteiger partial charge in [-0.25, -0.2) is 0 Å². The minimum absolute atomic E-state index is 0.0187. The second-order valence-electron chi connectivity index (χ2n) is 5.09. The fourth-order valence-corrected chi connectivity index (χ4v) is 2.64. The van der Waals surface area contributed by atoms with Crippen LogP contribution in [0, 0.1) is 0 Å². The number of ether oxygens (including phenoxy) is 2. The fourth-order valence-electron chi connectivity index (χ4n) is 2.46. The SMILES string of the molecule is COc1ccc(C2Nc3ccc(Cl)cc3[C@@H](C(F)(F)F)O2)cc1. The summed E-state index contributed by atoms with van der Waals surface area (Å²) in [5.74, 6) is 0.615. The zero-order valence-corrected chi connectivity index (χ0v) is 12.8. The van der Waals surface area contributed by atoms with Gasteiger partial charge in [0.25, 0.3) is 0 Å². The molecule has 2 aromatic rings. The molecule has 0 aromatic heterocycles. The van der Waals surface area contributed by atoms with E-state index in [1.54, 1.807) is 24.3 Å². The van der Waals surface area contributed by atoms with Crippen LogP contribution in [-0.2, 0) is 4.74 Å². The Morgan fingerprint density at radius 2 is 1.83 bits per heavy atom. The van der Waals surface area contributed by atoms with Gasteiger partial charge < -0.3 is 14.8 Å². The minimum Gasteiger partial charge on any atom is -0.497 e. The maximum Gasteiger partial charge on any atom is 0.419 e. The number of rotatable bonds is 2. The zero-order valence-electron chi connectivity index (χ0n) is 12.0. The van der Waals surface area contributed by atoms with E-state index < -0.39 is 18.5 Å². The number of fused-ring (bicyclic) bond motifs is 1. The van der Waals surface area contributed by atoms with Gasteiger partial charge in [0, 0.05) is 21.8 Å². The third kappa shape index (κ3) is 3.23. The Labute approximate surface area is 136 Å². The van der Waals surface area contributed by atoms with Gasteiger partial charge in [-0.05, 0) is 30.3 Å². The molecule has 0 saturated heterocycles. The maximum atomic E-state index is 13.3. The molecule has 0 fully saturated rings. The van der Waals surface area contributed by atoms with Gasteiger partial charge in [-0.1, -0.05) is 23.7 Å². The molecular weight excluding hydrogens is 331 g/mol. The molecule has 3 rings (SSSR count). The maximum absolute atomic E-state index is 13.3. The van der Waals surface area contributed by atoms with Crippen LogP contribution in [-0.4, -0.2) is 13.3 Å². The number of halogens is 4. The lowest BCUT2D eigenvalue weighted by Gasteiger charge is -2.35. The second kappa shape index (κ2) is 5.94. The quantitative estimate of drug-likeness (QED) is 0.823. The number of hydrogen-bond donors (Lipinski definition) is 1. The monoisotopic (exact) mass is 343 g/mol. The average Bonchev–Trinajstić information content (AvgIpc) is 2.53. The Morgan fingerprint density at radius 1 is 1.13 bits per heavy atom. The molecule has 3 nitrogen and oxygen atoms in total. The summed E-state index contributed by atoms with van der Waals surface area (Å²) in [6.45, 7) is 0. The van der Waals surface area contributed by atoms with E-state index in [0.29, 0.717) is 17.0 Å². The molecule has 0 bridgehead atoms. The second-order valence-corrected chi connectivity index (χ2v) is 5.52. The highest BCUT2D eigenvalue weighted by Crippen LogP contribution is 2.46. The molecule has 2 atom stereocenters. The third-order valence-corrected chi connectivity index (χ3v) is 3.81. The van der Waals surface area contributed by atoms with Gasteiger partial charge in [0.2, 0.25) is 0 Å². The van der Waals surface area contributed by atoms with Crippen molar-refractivity contribution in [1.82, 2.24) is 0 Å². The fraction of sp³-hybridized carbons (Fsp3) is 0.250. The Hall–Kier alpha value is -1.92. The summed E-state index contributed by atoms with van der Waals surface area (Å²) in [7, 11) is 1.52. The average molecular weight is 344 g/mol. The summed E-state index contributed by atoms with van der Waals surface area (Å²) in [6, 6.07) is 11.0. The summed E-state index contributed by atoms with van der Waals surface area (Å²) in [5.41, 5.74) is 0.902. The first-order valence-corrected chi connectivity index (χ1v) is 7.18. The first-order chi connectivity index (χ1) is 10.9. The van der Waals surface area contributed by atoms with E-state index in [-0.39, 0.29) is 10.6 Å². The van der Waals surface area contributed by atoms with Crippen LogP contribution in [0.2, 0.25) is 5.02 Å². The van der Waals surface area contributed by atoms with Crippen molar-refractivity contribution in [1.29, 1.82) is 0 Å². The van der Waals surface area contributed by atoms with Crippen molar-refractivity contribution in [3.63, 3.8) is 0 Å². The highest BCUT2D eigenvalue weighted by Gasteiger charge is 2.47. The summed E-state index contributed by atoms with van der Waals surface area (Å²) in [5, 5.41) is 3.19. The van der Waals surface area contributed by atoms with Crippen molar-refractivity contribution >= 4 is 17.3 Å². The van der Waals surface area contributed by atoms with Crippen molar-refractivity contribution < 1.29 is 22.6 Å². The van der Waals surface area contributed by atoms with Crippen LogP contribution in [0.1, 0.15) is 23.5 Å². The topological polar surface area (TPSA) is 30.5 Å². The highest BCUT2D eigenvalue weighted by atomic mass is 35.5. The lowest BCUT2D eigenvalue weighted by molar-refractivity contribution is -0.237. The lowest BCUT2D eigenvalue weighted by atomic mass is 10.0. The summed E-state index contributed by atoms with van der Waals surface area (Å²) in [4.78, 5) is 0. The molecule has 1 unspecified atom stereocenters. The van der Waals surface area contributed by atoms with Gasteiger partial charge in [0.15, 0.2) is 12.3 Å². The third-order valence-electron chi connectivity index (χ3n) is 3.57.